The third-order valence-corrected chi connectivity index (χ3v) is 5.60. The van der Waals surface area contributed by atoms with E-state index in [1.165, 1.54) is 18.2 Å². The Kier molecular flexibility index (Phi) is 5.89. The number of nitrogens with zero attached hydrogens (tertiary/aromatic N) is 5. The molecular weight excluding hydrogens is 482 g/mol. The van der Waals surface area contributed by atoms with Gasteiger partial charge >= 0.3 is 12.1 Å². The molecule has 0 aliphatic carbocycles. The minimum atomic E-state index is -4.67. The van der Waals surface area contributed by atoms with Crippen LogP contribution in [0.5, 0.6) is 5.75 Å². The first-order valence-electron chi connectivity index (χ1n) is 9.04. The molecule has 0 bridgehead atoms. The first-order valence-corrected chi connectivity index (χ1v) is 10.2. The van der Waals surface area contributed by atoms with E-state index in [1.807, 2.05) is 0 Å². The first kappa shape index (κ1) is 21.9. The van der Waals surface area contributed by atoms with E-state index in [2.05, 4.69) is 15.3 Å². The molecule has 2 aromatic heterocycles. The van der Waals surface area contributed by atoms with Gasteiger partial charge < -0.3 is 9.64 Å². The van der Waals surface area contributed by atoms with Crippen molar-refractivity contribution in [1.29, 1.82) is 0 Å². The molecule has 0 N–H and O–H groups in total. The van der Waals surface area contributed by atoms with E-state index in [0.717, 1.165) is 0 Å². The number of rotatable bonds is 3. The highest BCUT2D eigenvalue weighted by Crippen LogP contribution is 2.37. The summed E-state index contributed by atoms with van der Waals surface area (Å²) in [5.41, 5.74) is -0.00809. The second kappa shape index (κ2) is 8.33. The minimum absolute atomic E-state index is 0.00809. The normalized spacial score (nSPS) is 15.5. The molecule has 0 atom stereocenters. The van der Waals surface area contributed by atoms with Crippen LogP contribution in [0.3, 0.4) is 0 Å². The summed E-state index contributed by atoms with van der Waals surface area (Å²) in [7, 11) is 0. The molecule has 0 amide bonds. The Hall–Kier alpha value is -2.30. The van der Waals surface area contributed by atoms with E-state index in [4.69, 9.17) is 39.5 Å². The molecule has 3 heterocycles. The fraction of sp³-hybridized carbons (Fsp3) is 0.333. The molecule has 31 heavy (non-hydrogen) atoms. The highest BCUT2D eigenvalue weighted by Gasteiger charge is 2.38. The molecule has 0 unspecified atom stereocenters. The van der Waals surface area contributed by atoms with E-state index in [9.17, 15) is 18.0 Å². The number of ether oxygens (including phenoxy) is 1. The third kappa shape index (κ3) is 4.51. The number of carbonyl (C=O) groups is 1. The molecule has 0 radical (unpaired) electrons. The van der Waals surface area contributed by atoms with Crippen molar-refractivity contribution < 1.29 is 22.7 Å². The van der Waals surface area contributed by atoms with Crippen molar-refractivity contribution in [2.45, 2.75) is 19.0 Å². The topological polar surface area (TPSA) is 72.6 Å². The van der Waals surface area contributed by atoms with Crippen LogP contribution in [-0.2, 0) is 11.0 Å². The molecule has 13 heteroatoms. The number of benzene rings is 1. The number of anilines is 1. The van der Waals surface area contributed by atoms with Crippen molar-refractivity contribution in [3.05, 3.63) is 45.2 Å². The largest absolute Gasteiger partial charge is 0.453 e. The molecule has 1 fully saturated rings. The fourth-order valence-electron chi connectivity index (χ4n) is 3.28. The zero-order chi connectivity index (χ0) is 22.3. The summed E-state index contributed by atoms with van der Waals surface area (Å²) in [5, 5.41) is 11.2. The third-order valence-electron chi connectivity index (χ3n) is 4.82. The molecule has 1 aromatic carbocycles. The lowest BCUT2D eigenvalue weighted by molar-refractivity contribution is -0.146. The molecule has 0 spiro atoms. The first-order chi connectivity index (χ1) is 14.6. The fourth-order valence-corrected chi connectivity index (χ4v) is 4.17. The molecule has 7 nitrogen and oxygen atoms in total. The highest BCUT2D eigenvalue weighted by molar-refractivity contribution is 6.40. The number of hydrogen-bond acceptors (Lipinski definition) is 6. The maximum Gasteiger partial charge on any atom is 0.453 e. The molecule has 1 saturated heterocycles. The van der Waals surface area contributed by atoms with Crippen LogP contribution in [0.2, 0.25) is 15.1 Å². The number of aromatic nitrogens is 4. The SMILES string of the molecule is O=C(Oc1c(Cl)cc(Cl)cc1Cl)C1CCN(c2ccc3nnc(C(F)(F)F)n3n2)CC1. The molecule has 4 rings (SSSR count). The lowest BCUT2D eigenvalue weighted by Crippen LogP contribution is -2.38. The van der Waals surface area contributed by atoms with Crippen molar-refractivity contribution in [2.75, 3.05) is 18.0 Å². The predicted molar refractivity (Wildman–Crippen MR) is 108 cm³/mol. The van der Waals surface area contributed by atoms with Gasteiger partial charge in [0.05, 0.1) is 16.0 Å². The Morgan fingerprint density at radius 3 is 2.32 bits per heavy atom. The molecule has 1 aliphatic heterocycles. The quantitative estimate of drug-likeness (QED) is 0.380. The van der Waals surface area contributed by atoms with Crippen molar-refractivity contribution in [2.24, 2.45) is 5.92 Å². The maximum absolute atomic E-state index is 13.1. The zero-order valence-electron chi connectivity index (χ0n) is 15.5. The summed E-state index contributed by atoms with van der Waals surface area (Å²) < 4.78 is 45.2. The molecular formula is C18H13Cl3F3N5O2. The lowest BCUT2D eigenvalue weighted by Gasteiger charge is -2.31. The standard InChI is InChI=1S/C18H13Cl3F3N5O2/c19-10-7-11(20)15(12(21)8-10)31-16(30)9-3-5-28(6-4-9)14-2-1-13-25-26-17(18(22,23)24)29(13)27-14/h1-2,7-9H,3-6H2. The molecule has 0 saturated carbocycles. The van der Waals surface area contributed by atoms with Crippen molar-refractivity contribution in [1.82, 2.24) is 19.8 Å². The van der Waals surface area contributed by atoms with Gasteiger partial charge in [-0.3, -0.25) is 4.79 Å². The summed E-state index contributed by atoms with van der Waals surface area (Å²) >= 11 is 18.0. The van der Waals surface area contributed by atoms with Crippen molar-refractivity contribution in [3.63, 3.8) is 0 Å². The van der Waals surface area contributed by atoms with Gasteiger partial charge in [-0.2, -0.15) is 17.7 Å². The van der Waals surface area contributed by atoms with Gasteiger partial charge in [-0.15, -0.1) is 15.3 Å². The van der Waals surface area contributed by atoms with Crippen LogP contribution in [0.25, 0.3) is 5.65 Å². The van der Waals surface area contributed by atoms with E-state index in [0.29, 0.717) is 41.3 Å². The van der Waals surface area contributed by atoms with Gasteiger partial charge in [0.1, 0.15) is 5.82 Å². The summed E-state index contributed by atoms with van der Waals surface area (Å²) in [6.45, 7) is 0.785. The van der Waals surface area contributed by atoms with Crippen LogP contribution >= 0.6 is 34.8 Å². The summed E-state index contributed by atoms with van der Waals surface area (Å²) in [4.78, 5) is 14.3. The Morgan fingerprint density at radius 1 is 1.06 bits per heavy atom. The van der Waals surface area contributed by atoms with Crippen LogP contribution in [0.1, 0.15) is 18.7 Å². The number of fused-ring (bicyclic) bond motifs is 1. The van der Waals surface area contributed by atoms with Crippen molar-refractivity contribution in [3.8, 4) is 5.75 Å². The van der Waals surface area contributed by atoms with Gasteiger partial charge in [-0.25, -0.2) is 0 Å². The Bertz CT molecular complexity index is 1120. The zero-order valence-corrected chi connectivity index (χ0v) is 17.8. The number of piperidine rings is 1. The van der Waals surface area contributed by atoms with Crippen LogP contribution < -0.4 is 9.64 Å². The number of halogens is 6. The Labute approximate surface area is 188 Å². The minimum Gasteiger partial charge on any atom is -0.423 e. The van der Waals surface area contributed by atoms with Crippen LogP contribution in [0.4, 0.5) is 19.0 Å². The number of hydrogen-bond donors (Lipinski definition) is 0. The Morgan fingerprint density at radius 2 is 1.71 bits per heavy atom. The van der Waals surface area contributed by atoms with Crippen LogP contribution in [0.15, 0.2) is 24.3 Å². The van der Waals surface area contributed by atoms with Crippen LogP contribution in [-0.4, -0.2) is 38.9 Å². The summed E-state index contributed by atoms with van der Waals surface area (Å²) in [5.74, 6) is -1.75. The highest BCUT2D eigenvalue weighted by atomic mass is 35.5. The average Bonchev–Trinajstić information content (AvgIpc) is 3.14. The van der Waals surface area contributed by atoms with Gasteiger partial charge in [0.25, 0.3) is 5.82 Å². The molecule has 164 valence electrons. The van der Waals surface area contributed by atoms with Crippen molar-refractivity contribution >= 4 is 52.2 Å². The van der Waals surface area contributed by atoms with Gasteiger partial charge in [-0.1, -0.05) is 34.8 Å². The Balaban J connectivity index is 1.45. The number of carbonyl (C=O) groups excluding carboxylic acids is 1. The average molecular weight is 495 g/mol. The van der Waals surface area contributed by atoms with Gasteiger partial charge in [0.15, 0.2) is 11.4 Å². The van der Waals surface area contributed by atoms with E-state index >= 15 is 0 Å². The summed E-state index contributed by atoms with van der Waals surface area (Å²) in [6.07, 6.45) is -3.85. The predicted octanol–water partition coefficient (Wildman–Crippen LogP) is 4.93. The second-order valence-corrected chi connectivity index (χ2v) is 8.11. The van der Waals surface area contributed by atoms with Crippen LogP contribution in [0, 0.1) is 5.92 Å². The van der Waals surface area contributed by atoms with E-state index in [-0.39, 0.29) is 21.4 Å². The van der Waals surface area contributed by atoms with E-state index < -0.39 is 23.9 Å². The van der Waals surface area contributed by atoms with Gasteiger partial charge in [0, 0.05) is 18.1 Å². The molecule has 1 aliphatic rings. The second-order valence-electron chi connectivity index (χ2n) is 6.86. The molecule has 3 aromatic rings. The van der Waals surface area contributed by atoms with Gasteiger partial charge in [-0.05, 0) is 37.1 Å². The van der Waals surface area contributed by atoms with E-state index in [1.54, 1.807) is 11.0 Å². The maximum atomic E-state index is 13.1. The number of alkyl halides is 3. The lowest BCUT2D eigenvalue weighted by atomic mass is 9.97. The number of esters is 1. The monoisotopic (exact) mass is 493 g/mol. The smallest absolute Gasteiger partial charge is 0.423 e. The summed E-state index contributed by atoms with van der Waals surface area (Å²) in [6, 6.07) is 5.82. The van der Waals surface area contributed by atoms with Gasteiger partial charge in [0.2, 0.25) is 0 Å².